The van der Waals surface area contributed by atoms with Crippen LogP contribution in [0.1, 0.15) is 48.9 Å². The first kappa shape index (κ1) is 27.2. The summed E-state index contributed by atoms with van der Waals surface area (Å²) in [6.07, 6.45) is -0.640. The Morgan fingerprint density at radius 3 is 2.26 bits per heavy atom. The second kappa shape index (κ2) is 12.1. The Bertz CT molecular complexity index is 1240. The lowest BCUT2D eigenvalue weighted by atomic mass is 9.69. The van der Waals surface area contributed by atoms with Gasteiger partial charge in [-0.25, -0.2) is 4.98 Å². The zero-order valence-electron chi connectivity index (χ0n) is 21.4. The number of aromatic nitrogens is 1. The smallest absolute Gasteiger partial charge is 0.254 e. The summed E-state index contributed by atoms with van der Waals surface area (Å²) >= 11 is 0. The third-order valence-corrected chi connectivity index (χ3v) is 7.17. The number of benzene rings is 2. The van der Waals surface area contributed by atoms with E-state index in [0.717, 1.165) is 11.1 Å². The van der Waals surface area contributed by atoms with Crippen LogP contribution in [0, 0.1) is 0 Å². The zero-order chi connectivity index (χ0) is 27.1. The van der Waals surface area contributed by atoms with E-state index in [1.165, 1.54) is 11.2 Å². The molecule has 0 spiro atoms. The second-order valence-corrected chi connectivity index (χ2v) is 9.55. The topological polar surface area (TPSA) is 133 Å². The maximum absolute atomic E-state index is 12.9. The second-order valence-electron chi connectivity index (χ2n) is 9.55. The molecule has 0 saturated carbocycles. The molecule has 1 aliphatic rings. The minimum Gasteiger partial charge on any atom is -0.447 e. The van der Waals surface area contributed by atoms with Crippen molar-refractivity contribution < 1.29 is 29.0 Å². The van der Waals surface area contributed by atoms with Crippen LogP contribution in [0.2, 0.25) is 0 Å². The largest absolute Gasteiger partial charge is 0.447 e. The van der Waals surface area contributed by atoms with Crippen molar-refractivity contribution in [1.29, 1.82) is 0 Å². The van der Waals surface area contributed by atoms with Crippen LogP contribution in [0.4, 0.5) is 0 Å². The van der Waals surface area contributed by atoms with Crippen LogP contribution in [0.25, 0.3) is 0 Å². The summed E-state index contributed by atoms with van der Waals surface area (Å²) in [7, 11) is 0. The molecule has 2 atom stereocenters. The molecular weight excluding hydrogens is 486 g/mol. The van der Waals surface area contributed by atoms with Gasteiger partial charge < -0.3 is 24.8 Å². The van der Waals surface area contributed by atoms with E-state index in [1.807, 2.05) is 67.6 Å². The predicted octanol–water partition coefficient (Wildman–Crippen LogP) is 2.14. The molecule has 0 bridgehead atoms. The fraction of sp³-hybridized carbons (Fsp3) is 0.379. The third kappa shape index (κ3) is 6.00. The number of aliphatic hydroxyl groups excluding tert-OH is 2. The van der Waals surface area contributed by atoms with Crippen molar-refractivity contribution in [2.24, 2.45) is 0 Å². The molecule has 38 heavy (non-hydrogen) atoms. The molecule has 2 unspecified atom stereocenters. The van der Waals surface area contributed by atoms with E-state index >= 15 is 0 Å². The van der Waals surface area contributed by atoms with Crippen LogP contribution in [-0.2, 0) is 32.8 Å². The summed E-state index contributed by atoms with van der Waals surface area (Å²) in [5.74, 6) is -1.31. The van der Waals surface area contributed by atoms with Crippen molar-refractivity contribution >= 4 is 17.6 Å². The van der Waals surface area contributed by atoms with Gasteiger partial charge in [0.25, 0.3) is 11.8 Å². The van der Waals surface area contributed by atoms with Crippen LogP contribution < -0.4 is 5.32 Å². The van der Waals surface area contributed by atoms with E-state index in [-0.39, 0.29) is 31.3 Å². The number of nitrogens with zero attached hydrogens (tertiary/aromatic N) is 2. The molecule has 1 saturated heterocycles. The molecule has 4 rings (SSSR count). The van der Waals surface area contributed by atoms with Crippen molar-refractivity contribution in [2.75, 3.05) is 13.1 Å². The van der Waals surface area contributed by atoms with Crippen molar-refractivity contribution in [1.82, 2.24) is 15.2 Å². The lowest BCUT2D eigenvalue weighted by Gasteiger charge is -2.41. The first-order chi connectivity index (χ1) is 18.3. The van der Waals surface area contributed by atoms with E-state index in [1.54, 1.807) is 0 Å². The Hall–Kier alpha value is -3.82. The average molecular weight is 520 g/mol. The van der Waals surface area contributed by atoms with Gasteiger partial charge in [-0.05, 0) is 24.0 Å². The lowest BCUT2D eigenvalue weighted by molar-refractivity contribution is -0.154. The third-order valence-electron chi connectivity index (χ3n) is 7.17. The van der Waals surface area contributed by atoms with E-state index < -0.39 is 29.4 Å². The van der Waals surface area contributed by atoms with Gasteiger partial charge in [-0.1, -0.05) is 67.6 Å². The molecule has 1 aromatic heterocycles. The van der Waals surface area contributed by atoms with Crippen molar-refractivity contribution in [3.05, 3.63) is 89.6 Å². The molecule has 9 nitrogen and oxygen atoms in total. The number of hydrogen-bond donors (Lipinski definition) is 3. The Morgan fingerprint density at radius 1 is 1.00 bits per heavy atom. The highest BCUT2D eigenvalue weighted by Crippen LogP contribution is 2.37. The predicted molar refractivity (Wildman–Crippen MR) is 139 cm³/mol. The Balaban J connectivity index is 1.30. The molecule has 3 aromatic rings. The minimum atomic E-state index is -1.96. The number of ketones is 1. The molecule has 2 amide bonds. The summed E-state index contributed by atoms with van der Waals surface area (Å²) in [5, 5.41) is 23.3. The number of amides is 2. The Morgan fingerprint density at radius 2 is 1.63 bits per heavy atom. The molecule has 1 fully saturated rings. The minimum absolute atomic E-state index is 0.103. The van der Waals surface area contributed by atoms with Crippen LogP contribution >= 0.6 is 0 Å². The van der Waals surface area contributed by atoms with Gasteiger partial charge in [-0.15, -0.1) is 0 Å². The van der Waals surface area contributed by atoms with E-state index in [2.05, 4.69) is 10.3 Å². The monoisotopic (exact) mass is 519 g/mol. The maximum Gasteiger partial charge on any atom is 0.254 e. The van der Waals surface area contributed by atoms with Crippen LogP contribution in [0.3, 0.4) is 0 Å². The number of hydrogen-bond acceptors (Lipinski definition) is 7. The summed E-state index contributed by atoms with van der Waals surface area (Å²) in [6, 6.07) is 19.2. The van der Waals surface area contributed by atoms with Crippen LogP contribution in [-0.4, -0.2) is 63.0 Å². The summed E-state index contributed by atoms with van der Waals surface area (Å²) in [4.78, 5) is 44.0. The quantitative estimate of drug-likeness (QED) is 0.374. The fourth-order valence-electron chi connectivity index (χ4n) is 4.98. The first-order valence-electron chi connectivity index (χ1n) is 12.8. The molecule has 2 heterocycles. The zero-order valence-corrected chi connectivity index (χ0v) is 21.4. The number of oxazole rings is 1. The van der Waals surface area contributed by atoms with E-state index in [4.69, 9.17) is 4.42 Å². The Kier molecular flexibility index (Phi) is 8.70. The average Bonchev–Trinajstić information content (AvgIpc) is 3.42. The van der Waals surface area contributed by atoms with Gasteiger partial charge in [-0.2, -0.15) is 0 Å². The van der Waals surface area contributed by atoms with Gasteiger partial charge in [0.2, 0.25) is 5.89 Å². The molecule has 0 aliphatic carbocycles. The van der Waals surface area contributed by atoms with Gasteiger partial charge in [0.1, 0.15) is 12.0 Å². The van der Waals surface area contributed by atoms with Gasteiger partial charge in [0.05, 0.1) is 17.7 Å². The molecular formula is C29H33N3O6. The normalized spacial score (nSPS) is 16.4. The van der Waals surface area contributed by atoms with Crippen LogP contribution in [0.5, 0.6) is 0 Å². The van der Waals surface area contributed by atoms with E-state index in [9.17, 15) is 24.6 Å². The van der Waals surface area contributed by atoms with Gasteiger partial charge in [-0.3, -0.25) is 14.4 Å². The summed E-state index contributed by atoms with van der Waals surface area (Å²) in [5.41, 5.74) is 1.97. The number of likely N-dealkylation sites (tertiary alicyclic amines) is 1. The SMILES string of the molecule is CCC(=O)C1(c2ccccc2)CCN(C(=O)C(O)C(O)C(=O)NCc2nc(Cc3ccccc3)co2)CC1. The van der Waals surface area contributed by atoms with Gasteiger partial charge in [0, 0.05) is 25.9 Å². The highest BCUT2D eigenvalue weighted by molar-refractivity contribution is 5.92. The molecule has 1 aliphatic heterocycles. The maximum atomic E-state index is 12.9. The highest BCUT2D eigenvalue weighted by atomic mass is 16.4. The molecule has 9 heteroatoms. The Labute approximate surface area is 221 Å². The lowest BCUT2D eigenvalue weighted by Crippen LogP contribution is -2.55. The molecule has 2 aromatic carbocycles. The number of Topliss-reactive ketones (excluding diaryl/α,β-unsaturated/α-hetero) is 1. The fourth-order valence-corrected chi connectivity index (χ4v) is 4.98. The molecule has 200 valence electrons. The van der Waals surface area contributed by atoms with Gasteiger partial charge >= 0.3 is 0 Å². The van der Waals surface area contributed by atoms with Crippen molar-refractivity contribution in [3.8, 4) is 0 Å². The number of rotatable bonds is 10. The number of piperidine rings is 1. The number of nitrogens with one attached hydrogen (secondary N) is 1. The summed E-state index contributed by atoms with van der Waals surface area (Å²) < 4.78 is 5.38. The van der Waals surface area contributed by atoms with Crippen molar-refractivity contribution in [2.45, 2.75) is 56.8 Å². The van der Waals surface area contributed by atoms with Crippen LogP contribution in [0.15, 0.2) is 71.3 Å². The highest BCUT2D eigenvalue weighted by Gasteiger charge is 2.44. The summed E-state index contributed by atoms with van der Waals surface area (Å²) in [6.45, 7) is 2.18. The number of carbonyl (C=O) groups excluding carboxylic acids is 3. The van der Waals surface area contributed by atoms with E-state index in [0.29, 0.717) is 31.4 Å². The first-order valence-corrected chi connectivity index (χ1v) is 12.8. The standard InChI is InChI=1S/C29H33N3O6/c1-2-23(33)29(21-11-7-4-8-12-21)13-15-32(16-14-29)28(37)26(35)25(34)27(36)30-18-24-31-22(19-38-24)17-20-9-5-3-6-10-20/h3-12,19,25-26,34-35H,2,13-18H2,1H3,(H,30,36). The molecule has 3 N–H and O–H groups in total. The van der Waals surface area contributed by atoms with Crippen molar-refractivity contribution in [3.63, 3.8) is 0 Å². The number of aliphatic hydroxyl groups is 2. The van der Waals surface area contributed by atoms with Gasteiger partial charge in [0.15, 0.2) is 12.2 Å². The molecule has 0 radical (unpaired) electrons. The number of carbonyl (C=O) groups is 3.